The highest BCUT2D eigenvalue weighted by Gasteiger charge is 2.12. The van der Waals surface area contributed by atoms with Crippen molar-refractivity contribution in [2.45, 2.75) is 6.10 Å². The van der Waals surface area contributed by atoms with Crippen LogP contribution in [0.2, 0.25) is 5.02 Å². The number of aliphatic hydroxyl groups is 1. The van der Waals surface area contributed by atoms with E-state index in [0.29, 0.717) is 5.69 Å². The molecule has 0 aliphatic rings. The van der Waals surface area contributed by atoms with Gasteiger partial charge in [0.2, 0.25) is 0 Å². The van der Waals surface area contributed by atoms with Gasteiger partial charge in [-0.05, 0) is 24.3 Å². The van der Waals surface area contributed by atoms with E-state index in [-0.39, 0.29) is 17.1 Å². The molecular weight excluding hydrogens is 272 g/mol. The molecule has 1 unspecified atom stereocenters. The van der Waals surface area contributed by atoms with Crippen molar-refractivity contribution in [3.63, 3.8) is 0 Å². The van der Waals surface area contributed by atoms with Crippen molar-refractivity contribution in [1.82, 2.24) is 0 Å². The molecule has 0 bridgehead atoms. The molecule has 0 heterocycles. The van der Waals surface area contributed by atoms with Gasteiger partial charge in [-0.15, -0.1) is 0 Å². The third-order valence-electron chi connectivity index (χ3n) is 2.63. The molecule has 100 valence electrons. The fourth-order valence-corrected chi connectivity index (χ4v) is 1.95. The van der Waals surface area contributed by atoms with Crippen LogP contribution in [0.3, 0.4) is 0 Å². The lowest BCUT2D eigenvalue weighted by molar-refractivity contribution is 0.186. The fourth-order valence-electron chi connectivity index (χ4n) is 1.73. The summed E-state index contributed by atoms with van der Waals surface area (Å²) in [6, 6.07) is 9.92. The quantitative estimate of drug-likeness (QED) is 0.895. The number of benzene rings is 2. The normalized spacial score (nSPS) is 12.2. The minimum Gasteiger partial charge on any atom is -0.386 e. The smallest absolute Gasteiger partial charge is 0.129 e. The number of hydrogen-bond donors (Lipinski definition) is 2. The minimum absolute atomic E-state index is 0.0563. The van der Waals surface area contributed by atoms with Crippen LogP contribution in [0.1, 0.15) is 11.7 Å². The van der Waals surface area contributed by atoms with Gasteiger partial charge in [0.1, 0.15) is 11.6 Å². The van der Waals surface area contributed by atoms with Gasteiger partial charge in [-0.25, -0.2) is 8.78 Å². The molecule has 0 fully saturated rings. The SMILES string of the molecule is OC(CNc1cc(F)cc(Cl)c1)c1ccccc1F. The van der Waals surface area contributed by atoms with E-state index in [0.717, 1.165) is 0 Å². The average molecular weight is 284 g/mol. The maximum absolute atomic E-state index is 13.4. The highest BCUT2D eigenvalue weighted by atomic mass is 35.5. The van der Waals surface area contributed by atoms with Crippen molar-refractivity contribution in [3.8, 4) is 0 Å². The summed E-state index contributed by atoms with van der Waals surface area (Å²) in [6.07, 6.45) is -1.02. The maximum Gasteiger partial charge on any atom is 0.129 e. The van der Waals surface area contributed by atoms with Gasteiger partial charge in [-0.3, -0.25) is 0 Å². The molecule has 0 aromatic heterocycles. The van der Waals surface area contributed by atoms with Crippen LogP contribution in [-0.4, -0.2) is 11.7 Å². The number of hydrogen-bond acceptors (Lipinski definition) is 2. The van der Waals surface area contributed by atoms with E-state index >= 15 is 0 Å². The fraction of sp³-hybridized carbons (Fsp3) is 0.143. The molecule has 0 saturated carbocycles. The predicted octanol–water partition coefficient (Wildman–Crippen LogP) is 3.76. The summed E-state index contributed by atoms with van der Waals surface area (Å²) in [5.74, 6) is -0.954. The summed E-state index contributed by atoms with van der Waals surface area (Å²) in [7, 11) is 0. The van der Waals surface area contributed by atoms with E-state index in [1.165, 1.54) is 30.3 Å². The number of halogens is 3. The van der Waals surface area contributed by atoms with Gasteiger partial charge in [0.15, 0.2) is 0 Å². The first kappa shape index (κ1) is 13.8. The Bertz CT molecular complexity index is 557. The van der Waals surface area contributed by atoms with Gasteiger partial charge in [0, 0.05) is 22.8 Å². The first-order chi connectivity index (χ1) is 9.06. The summed E-state index contributed by atoms with van der Waals surface area (Å²) in [5, 5.41) is 12.9. The van der Waals surface area contributed by atoms with Crippen LogP contribution < -0.4 is 5.32 Å². The van der Waals surface area contributed by atoms with Crippen LogP contribution >= 0.6 is 11.6 Å². The second-order valence-corrected chi connectivity index (χ2v) is 4.51. The summed E-state index contributed by atoms with van der Waals surface area (Å²) in [6.45, 7) is 0.0563. The molecular formula is C14H12ClF2NO. The van der Waals surface area contributed by atoms with Crippen LogP contribution in [0, 0.1) is 11.6 Å². The summed E-state index contributed by atoms with van der Waals surface area (Å²) < 4.78 is 26.5. The van der Waals surface area contributed by atoms with Crippen LogP contribution in [0.4, 0.5) is 14.5 Å². The zero-order valence-corrected chi connectivity index (χ0v) is 10.7. The van der Waals surface area contributed by atoms with Gasteiger partial charge >= 0.3 is 0 Å². The van der Waals surface area contributed by atoms with Gasteiger partial charge in [0.25, 0.3) is 0 Å². The molecule has 2 N–H and O–H groups in total. The molecule has 0 amide bonds. The van der Waals surface area contributed by atoms with Crippen LogP contribution in [0.15, 0.2) is 42.5 Å². The highest BCUT2D eigenvalue weighted by Crippen LogP contribution is 2.20. The molecule has 5 heteroatoms. The second-order valence-electron chi connectivity index (χ2n) is 4.08. The average Bonchev–Trinajstić information content (AvgIpc) is 2.35. The maximum atomic E-state index is 13.4. The molecule has 0 saturated heterocycles. The first-order valence-electron chi connectivity index (χ1n) is 5.69. The molecule has 2 nitrogen and oxygen atoms in total. The standard InChI is InChI=1S/C14H12ClF2NO/c15-9-5-10(16)7-11(6-9)18-8-14(19)12-3-1-2-4-13(12)17/h1-7,14,18-19H,8H2. The van der Waals surface area contributed by atoms with E-state index < -0.39 is 17.7 Å². The summed E-state index contributed by atoms with van der Waals surface area (Å²) in [5.41, 5.74) is 0.623. The zero-order chi connectivity index (χ0) is 13.8. The van der Waals surface area contributed by atoms with E-state index in [1.807, 2.05) is 0 Å². The zero-order valence-electron chi connectivity index (χ0n) is 9.91. The molecule has 0 radical (unpaired) electrons. The highest BCUT2D eigenvalue weighted by molar-refractivity contribution is 6.30. The topological polar surface area (TPSA) is 32.3 Å². The van der Waals surface area contributed by atoms with Crippen LogP contribution in [0.25, 0.3) is 0 Å². The second kappa shape index (κ2) is 5.99. The monoisotopic (exact) mass is 283 g/mol. The van der Waals surface area contributed by atoms with Gasteiger partial charge in [0.05, 0.1) is 6.10 Å². The third kappa shape index (κ3) is 3.66. The van der Waals surface area contributed by atoms with Crippen molar-refractivity contribution in [3.05, 3.63) is 64.7 Å². The van der Waals surface area contributed by atoms with Gasteiger partial charge < -0.3 is 10.4 Å². The Labute approximate surface area is 114 Å². The van der Waals surface area contributed by atoms with E-state index in [1.54, 1.807) is 12.1 Å². The van der Waals surface area contributed by atoms with Crippen molar-refractivity contribution in [1.29, 1.82) is 0 Å². The largest absolute Gasteiger partial charge is 0.386 e. The Morgan fingerprint density at radius 1 is 1.16 bits per heavy atom. The Morgan fingerprint density at radius 2 is 1.89 bits per heavy atom. The molecule has 0 spiro atoms. The van der Waals surface area contributed by atoms with Crippen molar-refractivity contribution >= 4 is 17.3 Å². The van der Waals surface area contributed by atoms with E-state index in [2.05, 4.69) is 5.32 Å². The minimum atomic E-state index is -1.02. The number of nitrogens with one attached hydrogen (secondary N) is 1. The Balaban J connectivity index is 2.04. The Morgan fingerprint density at radius 3 is 2.58 bits per heavy atom. The molecule has 2 rings (SSSR count). The first-order valence-corrected chi connectivity index (χ1v) is 6.06. The molecule has 2 aromatic carbocycles. The van der Waals surface area contributed by atoms with Crippen LogP contribution in [-0.2, 0) is 0 Å². The summed E-state index contributed by atoms with van der Waals surface area (Å²) in [4.78, 5) is 0. The molecule has 2 aromatic rings. The lowest BCUT2D eigenvalue weighted by Gasteiger charge is -2.14. The van der Waals surface area contributed by atoms with Gasteiger partial charge in [-0.1, -0.05) is 29.8 Å². The summed E-state index contributed by atoms with van der Waals surface area (Å²) >= 11 is 5.71. The number of rotatable bonds is 4. The van der Waals surface area contributed by atoms with E-state index in [9.17, 15) is 13.9 Å². The molecule has 0 aliphatic heterocycles. The van der Waals surface area contributed by atoms with Crippen molar-refractivity contribution in [2.24, 2.45) is 0 Å². The van der Waals surface area contributed by atoms with Crippen molar-refractivity contribution < 1.29 is 13.9 Å². The lowest BCUT2D eigenvalue weighted by atomic mass is 10.1. The van der Waals surface area contributed by atoms with Crippen molar-refractivity contribution in [2.75, 3.05) is 11.9 Å². The number of anilines is 1. The van der Waals surface area contributed by atoms with Crippen LogP contribution in [0.5, 0.6) is 0 Å². The Kier molecular flexibility index (Phi) is 4.35. The van der Waals surface area contributed by atoms with Gasteiger partial charge in [-0.2, -0.15) is 0 Å². The van der Waals surface area contributed by atoms with E-state index in [4.69, 9.17) is 11.6 Å². The molecule has 1 atom stereocenters. The Hall–Kier alpha value is -1.65. The number of aliphatic hydroxyl groups excluding tert-OH is 1. The predicted molar refractivity (Wildman–Crippen MR) is 71.3 cm³/mol. The third-order valence-corrected chi connectivity index (χ3v) is 2.84. The lowest BCUT2D eigenvalue weighted by Crippen LogP contribution is -2.13. The molecule has 0 aliphatic carbocycles. The molecule has 19 heavy (non-hydrogen) atoms.